The molecule has 154 valence electrons. The zero-order chi connectivity index (χ0) is 18.0. The first-order valence-electron chi connectivity index (χ1n) is 8.79. The number of rotatable bonds is 4. The average Bonchev–Trinajstić information content (AvgIpc) is 2.53. The normalized spacial score (nSPS) is 27.0. The summed E-state index contributed by atoms with van der Waals surface area (Å²) in [5.41, 5.74) is 6.92. The van der Waals surface area contributed by atoms with Crippen molar-refractivity contribution in [2.24, 2.45) is 23.5 Å². The number of benzene rings is 1. The van der Waals surface area contributed by atoms with Gasteiger partial charge in [-0.3, -0.25) is 4.79 Å². The van der Waals surface area contributed by atoms with E-state index in [0.717, 1.165) is 25.7 Å². The van der Waals surface area contributed by atoms with Gasteiger partial charge in [-0.2, -0.15) is 13.2 Å². The Balaban J connectivity index is 0.00000182. The van der Waals surface area contributed by atoms with E-state index >= 15 is 0 Å². The second-order valence-corrected chi connectivity index (χ2v) is 7.20. The van der Waals surface area contributed by atoms with Crippen LogP contribution in [0.2, 0.25) is 0 Å². The zero-order valence-electron chi connectivity index (χ0n) is 14.8. The summed E-state index contributed by atoms with van der Waals surface area (Å²) in [5.74, 6) is 0.513. The lowest BCUT2D eigenvalue weighted by Crippen LogP contribution is -2.48. The van der Waals surface area contributed by atoms with Gasteiger partial charge in [-0.1, -0.05) is 18.6 Å². The molecule has 27 heavy (non-hydrogen) atoms. The standard InChI is InChI=1S/C18H24F3N3O.2ClH/c19-18(20,21)10-23-14-6-1-2-7-15(14)24-17(25)13-8-11-4-3-5-12(9-13)16(11)22;;/h1-2,6-7,11-13,16,23H,3-5,8-10,22H2,(H,24,25);2*1H. The first kappa shape index (κ1) is 23.9. The van der Waals surface area contributed by atoms with Crippen LogP contribution in [0.1, 0.15) is 32.1 Å². The fraction of sp³-hybridized carbons (Fsp3) is 0.611. The summed E-state index contributed by atoms with van der Waals surface area (Å²) in [6.07, 6.45) is 0.509. The maximum atomic E-state index is 12.7. The van der Waals surface area contributed by atoms with Crippen LogP contribution in [0.25, 0.3) is 0 Å². The van der Waals surface area contributed by atoms with Crippen molar-refractivity contribution in [3.8, 4) is 0 Å². The van der Waals surface area contributed by atoms with Crippen LogP contribution in [0.3, 0.4) is 0 Å². The summed E-state index contributed by atoms with van der Waals surface area (Å²) in [7, 11) is 0. The lowest BCUT2D eigenvalue weighted by Gasteiger charge is -2.43. The molecule has 1 aromatic rings. The van der Waals surface area contributed by atoms with Crippen LogP contribution in [-0.2, 0) is 4.79 Å². The van der Waals surface area contributed by atoms with E-state index in [1.165, 1.54) is 12.5 Å². The molecule has 0 spiro atoms. The molecule has 0 heterocycles. The van der Waals surface area contributed by atoms with Gasteiger partial charge in [0.25, 0.3) is 0 Å². The van der Waals surface area contributed by atoms with Crippen molar-refractivity contribution in [2.75, 3.05) is 17.2 Å². The molecule has 4 N–H and O–H groups in total. The Bertz CT molecular complexity index is 616. The Hall–Kier alpha value is -1.18. The third-order valence-electron chi connectivity index (χ3n) is 5.45. The van der Waals surface area contributed by atoms with Gasteiger partial charge < -0.3 is 16.4 Å². The molecule has 0 aromatic heterocycles. The van der Waals surface area contributed by atoms with Gasteiger partial charge in [0.15, 0.2) is 0 Å². The lowest BCUT2D eigenvalue weighted by atomic mass is 9.65. The summed E-state index contributed by atoms with van der Waals surface area (Å²) in [5, 5.41) is 5.16. The van der Waals surface area contributed by atoms with Crippen molar-refractivity contribution in [2.45, 2.75) is 44.3 Å². The molecule has 4 nitrogen and oxygen atoms in total. The van der Waals surface area contributed by atoms with Crippen LogP contribution in [0.15, 0.2) is 24.3 Å². The highest BCUT2D eigenvalue weighted by Crippen LogP contribution is 2.42. The Kier molecular flexibility index (Phi) is 8.70. The van der Waals surface area contributed by atoms with Crippen molar-refractivity contribution in [3.05, 3.63) is 24.3 Å². The van der Waals surface area contributed by atoms with E-state index < -0.39 is 12.7 Å². The Morgan fingerprint density at radius 1 is 1.07 bits per heavy atom. The molecule has 2 saturated carbocycles. The predicted octanol–water partition coefficient (Wildman–Crippen LogP) is 4.60. The molecule has 1 amide bonds. The number of halogens is 5. The second-order valence-electron chi connectivity index (χ2n) is 7.20. The number of hydrogen-bond donors (Lipinski definition) is 3. The smallest absolute Gasteiger partial charge is 0.375 e. The molecular weight excluding hydrogens is 402 g/mol. The average molecular weight is 428 g/mol. The zero-order valence-corrected chi connectivity index (χ0v) is 16.4. The van der Waals surface area contributed by atoms with Crippen LogP contribution in [0.4, 0.5) is 24.5 Å². The van der Waals surface area contributed by atoms with Gasteiger partial charge in [0.05, 0.1) is 11.4 Å². The van der Waals surface area contributed by atoms with E-state index in [9.17, 15) is 18.0 Å². The van der Waals surface area contributed by atoms with Gasteiger partial charge >= 0.3 is 6.18 Å². The highest BCUT2D eigenvalue weighted by Gasteiger charge is 2.40. The number of nitrogens with one attached hydrogen (secondary N) is 2. The molecular formula is C18H26Cl2F3N3O. The van der Waals surface area contributed by atoms with E-state index in [0.29, 0.717) is 17.5 Å². The fourth-order valence-electron chi connectivity index (χ4n) is 4.18. The Labute approximate surface area is 169 Å². The number of para-hydroxylation sites is 2. The highest BCUT2D eigenvalue weighted by atomic mass is 35.5. The number of amides is 1. The largest absolute Gasteiger partial charge is 0.405 e. The van der Waals surface area contributed by atoms with E-state index in [1.54, 1.807) is 18.2 Å². The fourth-order valence-corrected chi connectivity index (χ4v) is 4.18. The quantitative estimate of drug-likeness (QED) is 0.657. The summed E-state index contributed by atoms with van der Waals surface area (Å²) in [6, 6.07) is 6.66. The van der Waals surface area contributed by atoms with Crippen LogP contribution in [-0.4, -0.2) is 24.7 Å². The molecule has 9 heteroatoms. The monoisotopic (exact) mass is 427 g/mol. The summed E-state index contributed by atoms with van der Waals surface area (Å²) >= 11 is 0. The highest BCUT2D eigenvalue weighted by molar-refractivity contribution is 5.95. The van der Waals surface area contributed by atoms with Crippen LogP contribution < -0.4 is 16.4 Å². The third kappa shape index (κ3) is 6.16. The first-order chi connectivity index (χ1) is 11.8. The molecule has 2 aliphatic rings. The molecule has 1 aromatic carbocycles. The minimum absolute atomic E-state index is 0. The third-order valence-corrected chi connectivity index (χ3v) is 5.45. The van der Waals surface area contributed by atoms with Gasteiger partial charge in [-0.15, -0.1) is 24.8 Å². The molecule has 0 radical (unpaired) electrons. The summed E-state index contributed by atoms with van der Waals surface area (Å²) < 4.78 is 37.3. The van der Waals surface area contributed by atoms with E-state index in [-0.39, 0.29) is 48.4 Å². The van der Waals surface area contributed by atoms with Crippen LogP contribution in [0.5, 0.6) is 0 Å². The number of carbonyl (C=O) groups excluding carboxylic acids is 1. The molecule has 0 aliphatic heterocycles. The molecule has 2 aliphatic carbocycles. The van der Waals surface area contributed by atoms with E-state index in [1.807, 2.05) is 0 Å². The molecule has 3 rings (SSSR count). The van der Waals surface area contributed by atoms with Gasteiger partial charge in [0, 0.05) is 12.0 Å². The van der Waals surface area contributed by atoms with Crippen molar-refractivity contribution >= 4 is 42.1 Å². The first-order valence-corrected chi connectivity index (χ1v) is 8.79. The van der Waals surface area contributed by atoms with Gasteiger partial charge in [-0.05, 0) is 49.7 Å². The molecule has 0 saturated heterocycles. The topological polar surface area (TPSA) is 67.2 Å². The second kappa shape index (κ2) is 9.85. The number of anilines is 2. The minimum Gasteiger partial charge on any atom is -0.375 e. The van der Waals surface area contributed by atoms with E-state index in [4.69, 9.17) is 5.73 Å². The Morgan fingerprint density at radius 2 is 1.63 bits per heavy atom. The van der Waals surface area contributed by atoms with Crippen LogP contribution >= 0.6 is 24.8 Å². The SMILES string of the molecule is Cl.Cl.NC1C2CCCC1CC(C(=O)Nc1ccccc1NCC(F)(F)F)C2. The van der Waals surface area contributed by atoms with Crippen molar-refractivity contribution in [1.82, 2.24) is 0 Å². The van der Waals surface area contributed by atoms with E-state index in [2.05, 4.69) is 10.6 Å². The number of nitrogens with two attached hydrogens (primary N) is 1. The maximum absolute atomic E-state index is 12.7. The molecule has 2 unspecified atom stereocenters. The number of carbonyl (C=O) groups is 1. The molecule has 2 fully saturated rings. The minimum atomic E-state index is -4.31. The van der Waals surface area contributed by atoms with Gasteiger partial charge in [0.2, 0.25) is 5.91 Å². The van der Waals surface area contributed by atoms with Gasteiger partial charge in [-0.25, -0.2) is 0 Å². The maximum Gasteiger partial charge on any atom is 0.405 e. The number of alkyl halides is 3. The van der Waals surface area contributed by atoms with Crippen molar-refractivity contribution in [1.29, 1.82) is 0 Å². The molecule has 2 atom stereocenters. The number of hydrogen-bond acceptors (Lipinski definition) is 3. The molecule has 2 bridgehead atoms. The summed E-state index contributed by atoms with van der Waals surface area (Å²) in [6.45, 7) is -1.14. The van der Waals surface area contributed by atoms with Crippen molar-refractivity contribution < 1.29 is 18.0 Å². The lowest BCUT2D eigenvalue weighted by molar-refractivity contribution is -0.122. The van der Waals surface area contributed by atoms with Gasteiger partial charge in [0.1, 0.15) is 6.54 Å². The Morgan fingerprint density at radius 3 is 2.19 bits per heavy atom. The predicted molar refractivity (Wildman–Crippen MR) is 106 cm³/mol. The van der Waals surface area contributed by atoms with Crippen LogP contribution in [0, 0.1) is 17.8 Å². The summed E-state index contributed by atoms with van der Waals surface area (Å²) in [4.78, 5) is 12.7. The van der Waals surface area contributed by atoms with Crippen molar-refractivity contribution in [3.63, 3.8) is 0 Å². The number of fused-ring (bicyclic) bond motifs is 2.